The van der Waals surface area contributed by atoms with Gasteiger partial charge in [0.25, 0.3) is 0 Å². The van der Waals surface area contributed by atoms with Crippen LogP contribution < -0.4 is 0 Å². The molecule has 0 saturated heterocycles. The van der Waals surface area contributed by atoms with Crippen molar-refractivity contribution in [1.82, 2.24) is 9.61 Å². The van der Waals surface area contributed by atoms with E-state index in [1.54, 1.807) is 17.6 Å². The molecule has 1 N–H and O–H groups in total. The number of carbonyl (C=O) groups is 1. The summed E-state index contributed by atoms with van der Waals surface area (Å²) in [5.41, 5.74) is 0.874. The first-order valence-electron chi connectivity index (χ1n) is 3.36. The topological polar surface area (TPSA) is 54.6 Å². The number of fused-ring (bicyclic) bond motifs is 1. The van der Waals surface area contributed by atoms with Crippen LogP contribution in [0.25, 0.3) is 4.83 Å². The second-order valence-electron chi connectivity index (χ2n) is 2.42. The van der Waals surface area contributed by atoms with Crippen LogP contribution in [0.15, 0.2) is 11.6 Å². The first-order chi connectivity index (χ1) is 5.70. The number of aromatic nitrogens is 2. The zero-order valence-corrected chi connectivity index (χ0v) is 7.13. The molecule has 0 amide bonds. The zero-order chi connectivity index (χ0) is 8.72. The lowest BCUT2D eigenvalue weighted by Crippen LogP contribution is -1.96. The van der Waals surface area contributed by atoms with E-state index >= 15 is 0 Å². The van der Waals surface area contributed by atoms with Crippen molar-refractivity contribution in [3.05, 3.63) is 22.8 Å². The molecule has 4 nitrogen and oxygen atoms in total. The van der Waals surface area contributed by atoms with Crippen LogP contribution in [0.1, 0.15) is 16.1 Å². The summed E-state index contributed by atoms with van der Waals surface area (Å²) in [6.07, 6.45) is 1.75. The Morgan fingerprint density at radius 2 is 2.50 bits per heavy atom. The van der Waals surface area contributed by atoms with Gasteiger partial charge in [-0.1, -0.05) is 0 Å². The monoisotopic (exact) mass is 182 g/mol. The summed E-state index contributed by atoms with van der Waals surface area (Å²) in [4.78, 5) is 11.4. The Labute approximate surface area is 72.1 Å². The van der Waals surface area contributed by atoms with Gasteiger partial charge in [0.2, 0.25) is 0 Å². The molecule has 5 heteroatoms. The minimum absolute atomic E-state index is 0.310. The summed E-state index contributed by atoms with van der Waals surface area (Å²) in [5, 5.41) is 14.7. The van der Waals surface area contributed by atoms with Gasteiger partial charge in [0.15, 0.2) is 0 Å². The molecular weight excluding hydrogens is 176 g/mol. The number of aryl methyl sites for hydroxylation is 1. The Balaban J connectivity index is 2.84. The van der Waals surface area contributed by atoms with Gasteiger partial charge in [0.1, 0.15) is 10.4 Å². The Bertz CT molecular complexity index is 443. The summed E-state index contributed by atoms with van der Waals surface area (Å²) in [5.74, 6) is -0.912. The normalized spacial score (nSPS) is 10.8. The van der Waals surface area contributed by atoms with Crippen molar-refractivity contribution in [2.75, 3.05) is 0 Å². The summed E-state index contributed by atoms with van der Waals surface area (Å²) in [6.45, 7) is 1.70. The predicted octanol–water partition coefficient (Wildman–Crippen LogP) is 1.40. The van der Waals surface area contributed by atoms with E-state index in [9.17, 15) is 4.79 Å². The molecule has 2 heterocycles. The minimum Gasteiger partial charge on any atom is -0.478 e. The fourth-order valence-corrected chi connectivity index (χ4v) is 2.01. The van der Waals surface area contributed by atoms with E-state index in [1.807, 2.05) is 5.38 Å². The van der Waals surface area contributed by atoms with E-state index in [4.69, 9.17) is 5.11 Å². The highest BCUT2D eigenvalue weighted by Gasteiger charge is 2.16. The predicted molar refractivity (Wildman–Crippen MR) is 44.8 cm³/mol. The summed E-state index contributed by atoms with van der Waals surface area (Å²) in [7, 11) is 0. The van der Waals surface area contributed by atoms with Crippen LogP contribution in [-0.2, 0) is 0 Å². The number of rotatable bonds is 1. The number of hydrogen-bond acceptors (Lipinski definition) is 3. The van der Waals surface area contributed by atoms with Gasteiger partial charge in [-0.2, -0.15) is 5.10 Å². The number of carboxylic acids is 1. The van der Waals surface area contributed by atoms with E-state index < -0.39 is 5.97 Å². The molecule has 0 unspecified atom stereocenters. The zero-order valence-electron chi connectivity index (χ0n) is 6.31. The molecule has 0 saturated carbocycles. The van der Waals surface area contributed by atoms with Crippen LogP contribution in [0, 0.1) is 6.92 Å². The SMILES string of the molecule is Cc1nn2ccsc2c1C(=O)O. The standard InChI is InChI=1S/C7H6N2O2S/c1-4-5(7(10)11)6-9(8-4)2-3-12-6/h2-3H,1H3,(H,10,11). The van der Waals surface area contributed by atoms with Gasteiger partial charge in [-0.3, -0.25) is 0 Å². The first kappa shape index (κ1) is 7.30. The number of carboxylic acid groups (broad SMARTS) is 1. The quantitative estimate of drug-likeness (QED) is 0.725. The second kappa shape index (κ2) is 2.31. The fourth-order valence-electron chi connectivity index (χ4n) is 1.14. The highest BCUT2D eigenvalue weighted by Crippen LogP contribution is 2.19. The second-order valence-corrected chi connectivity index (χ2v) is 3.31. The van der Waals surface area contributed by atoms with Gasteiger partial charge in [-0.15, -0.1) is 11.3 Å². The molecule has 0 aliphatic rings. The molecule has 2 rings (SSSR count). The number of aromatic carboxylic acids is 1. The minimum atomic E-state index is -0.912. The molecule has 2 aromatic rings. The van der Waals surface area contributed by atoms with Gasteiger partial charge in [-0.05, 0) is 6.92 Å². The van der Waals surface area contributed by atoms with E-state index in [1.165, 1.54) is 11.3 Å². The van der Waals surface area contributed by atoms with Crippen molar-refractivity contribution < 1.29 is 9.90 Å². The molecule has 0 spiro atoms. The average Bonchev–Trinajstić information content (AvgIpc) is 2.44. The summed E-state index contributed by atoms with van der Waals surface area (Å²) >= 11 is 1.38. The van der Waals surface area contributed by atoms with Crippen LogP contribution in [0.4, 0.5) is 0 Å². The molecule has 0 atom stereocenters. The van der Waals surface area contributed by atoms with Gasteiger partial charge in [0.05, 0.1) is 5.69 Å². The van der Waals surface area contributed by atoms with Gasteiger partial charge in [-0.25, -0.2) is 9.31 Å². The van der Waals surface area contributed by atoms with E-state index in [-0.39, 0.29) is 0 Å². The Morgan fingerprint density at radius 1 is 1.75 bits per heavy atom. The molecule has 0 fully saturated rings. The Kier molecular flexibility index (Phi) is 1.41. The average molecular weight is 182 g/mol. The molecule has 0 bridgehead atoms. The molecule has 0 aliphatic carbocycles. The smallest absolute Gasteiger partial charge is 0.340 e. The van der Waals surface area contributed by atoms with Crippen LogP contribution in [0.2, 0.25) is 0 Å². The van der Waals surface area contributed by atoms with Crippen molar-refractivity contribution in [2.45, 2.75) is 6.92 Å². The lowest BCUT2D eigenvalue weighted by molar-refractivity contribution is 0.0698. The van der Waals surface area contributed by atoms with Crippen molar-refractivity contribution in [1.29, 1.82) is 0 Å². The molecule has 0 radical (unpaired) electrons. The van der Waals surface area contributed by atoms with Crippen molar-refractivity contribution >= 4 is 22.1 Å². The van der Waals surface area contributed by atoms with Crippen molar-refractivity contribution in [3.63, 3.8) is 0 Å². The highest BCUT2D eigenvalue weighted by atomic mass is 32.1. The molecule has 2 aromatic heterocycles. The molecular formula is C7H6N2O2S. The molecule has 0 aromatic carbocycles. The largest absolute Gasteiger partial charge is 0.478 e. The number of thiazole rings is 1. The highest BCUT2D eigenvalue weighted by molar-refractivity contribution is 7.15. The van der Waals surface area contributed by atoms with Gasteiger partial charge < -0.3 is 5.11 Å². The van der Waals surface area contributed by atoms with E-state index in [2.05, 4.69) is 5.10 Å². The summed E-state index contributed by atoms with van der Waals surface area (Å²) in [6, 6.07) is 0. The Hall–Kier alpha value is -1.36. The van der Waals surface area contributed by atoms with Gasteiger partial charge in [0, 0.05) is 11.6 Å². The van der Waals surface area contributed by atoms with Crippen molar-refractivity contribution in [3.8, 4) is 0 Å². The van der Waals surface area contributed by atoms with Crippen LogP contribution in [-0.4, -0.2) is 20.7 Å². The maximum Gasteiger partial charge on any atom is 0.340 e. The summed E-state index contributed by atoms with van der Waals surface area (Å²) < 4.78 is 1.59. The molecule has 62 valence electrons. The third kappa shape index (κ3) is 0.831. The maximum atomic E-state index is 10.7. The maximum absolute atomic E-state index is 10.7. The number of nitrogens with zero attached hydrogens (tertiary/aromatic N) is 2. The Morgan fingerprint density at radius 3 is 3.17 bits per heavy atom. The molecule has 12 heavy (non-hydrogen) atoms. The lowest BCUT2D eigenvalue weighted by atomic mass is 10.3. The third-order valence-electron chi connectivity index (χ3n) is 1.64. The van der Waals surface area contributed by atoms with Gasteiger partial charge >= 0.3 is 5.97 Å². The van der Waals surface area contributed by atoms with E-state index in [0.29, 0.717) is 16.1 Å². The van der Waals surface area contributed by atoms with E-state index in [0.717, 1.165) is 0 Å². The molecule has 0 aliphatic heterocycles. The van der Waals surface area contributed by atoms with Crippen LogP contribution in [0.3, 0.4) is 0 Å². The first-order valence-corrected chi connectivity index (χ1v) is 4.24. The van der Waals surface area contributed by atoms with Crippen LogP contribution >= 0.6 is 11.3 Å². The number of hydrogen-bond donors (Lipinski definition) is 1. The third-order valence-corrected chi connectivity index (χ3v) is 2.51. The van der Waals surface area contributed by atoms with Crippen molar-refractivity contribution in [2.24, 2.45) is 0 Å². The fraction of sp³-hybridized carbons (Fsp3) is 0.143. The lowest BCUT2D eigenvalue weighted by Gasteiger charge is -1.86. The van der Waals surface area contributed by atoms with Crippen LogP contribution in [0.5, 0.6) is 0 Å².